The number of hydrogen-bond acceptors (Lipinski definition) is 2. The monoisotopic (exact) mass is 251 g/mol. The third-order valence-corrected chi connectivity index (χ3v) is 4.01. The van der Waals surface area contributed by atoms with Crippen LogP contribution in [0.5, 0.6) is 0 Å². The molecule has 0 saturated carbocycles. The number of H-pyrrole nitrogens is 1. The fourth-order valence-electron chi connectivity index (χ4n) is 3.12. The summed E-state index contributed by atoms with van der Waals surface area (Å²) in [5.41, 5.74) is 2.18. The van der Waals surface area contributed by atoms with Gasteiger partial charge in [-0.3, -0.25) is 0 Å². The first kappa shape index (κ1) is 10.9. The molecular weight excluding hydrogens is 234 g/mol. The van der Waals surface area contributed by atoms with E-state index in [0.717, 1.165) is 24.6 Å². The Hall–Kier alpha value is -2.03. The van der Waals surface area contributed by atoms with E-state index < -0.39 is 0 Å². The second kappa shape index (κ2) is 3.98. The number of pyridine rings is 1. The number of nitrogens with one attached hydrogen (secondary N) is 1. The molecule has 3 heterocycles. The van der Waals surface area contributed by atoms with E-state index in [0.29, 0.717) is 0 Å². The highest BCUT2D eigenvalue weighted by molar-refractivity contribution is 6.09. The Kier molecular flexibility index (Phi) is 2.28. The van der Waals surface area contributed by atoms with Crippen LogP contribution in [0.15, 0.2) is 30.3 Å². The Balaban J connectivity index is 2.08. The molecule has 4 rings (SSSR count). The van der Waals surface area contributed by atoms with Gasteiger partial charge in [-0.15, -0.1) is 0 Å². The molecule has 2 aromatic heterocycles. The van der Waals surface area contributed by atoms with Gasteiger partial charge >= 0.3 is 0 Å². The number of nitrogens with zero attached hydrogens (tertiary/aromatic N) is 2. The lowest BCUT2D eigenvalue weighted by Crippen LogP contribution is -2.19. The molecule has 0 radical (unpaired) electrons. The largest absolute Gasteiger partial charge is 0.356 e. The number of aromatic nitrogens is 2. The first-order valence-corrected chi connectivity index (χ1v) is 6.96. The van der Waals surface area contributed by atoms with Crippen molar-refractivity contribution in [1.29, 1.82) is 0 Å². The van der Waals surface area contributed by atoms with E-state index in [1.54, 1.807) is 0 Å². The number of hydrogen-bond donors (Lipinski definition) is 1. The lowest BCUT2D eigenvalue weighted by molar-refractivity contribution is 0.949. The van der Waals surface area contributed by atoms with Crippen LogP contribution < -0.4 is 4.90 Å². The molecule has 1 saturated heterocycles. The summed E-state index contributed by atoms with van der Waals surface area (Å²) in [4.78, 5) is 10.7. The molecule has 0 bridgehead atoms. The molecule has 0 amide bonds. The minimum absolute atomic E-state index is 1.01. The molecule has 3 aromatic rings. The van der Waals surface area contributed by atoms with Crippen LogP contribution >= 0.6 is 0 Å². The van der Waals surface area contributed by atoms with Crippen LogP contribution in [0.4, 0.5) is 5.82 Å². The summed E-state index contributed by atoms with van der Waals surface area (Å²) in [5.74, 6) is 1.14. The number of aryl methyl sites for hydroxylation is 1. The lowest BCUT2D eigenvalue weighted by atomic mass is 10.1. The van der Waals surface area contributed by atoms with Gasteiger partial charge < -0.3 is 9.88 Å². The first-order valence-electron chi connectivity index (χ1n) is 6.96. The third kappa shape index (κ3) is 1.61. The molecular formula is C16H17N3. The van der Waals surface area contributed by atoms with E-state index in [1.165, 1.54) is 34.7 Å². The number of fused-ring (bicyclic) bond motifs is 3. The standard InChI is InChI=1S/C16H17N3/c1-11-10-14-12-6-2-3-7-13(12)16(18-15(14)17-11)19-8-4-5-9-19/h2-3,6-7,10H,4-5,8-9H2,1H3,(H,17,18). The number of rotatable bonds is 1. The third-order valence-electron chi connectivity index (χ3n) is 4.01. The Morgan fingerprint density at radius 3 is 2.58 bits per heavy atom. The van der Waals surface area contributed by atoms with Crippen LogP contribution in [0.2, 0.25) is 0 Å². The summed E-state index contributed by atoms with van der Waals surface area (Å²) < 4.78 is 0. The van der Waals surface area contributed by atoms with Gasteiger partial charge in [0.1, 0.15) is 11.5 Å². The summed E-state index contributed by atoms with van der Waals surface area (Å²) in [6.45, 7) is 4.34. The zero-order chi connectivity index (χ0) is 12.8. The zero-order valence-corrected chi connectivity index (χ0v) is 11.1. The van der Waals surface area contributed by atoms with Gasteiger partial charge in [0.15, 0.2) is 0 Å². The van der Waals surface area contributed by atoms with Gasteiger partial charge in [-0.2, -0.15) is 0 Å². The van der Waals surface area contributed by atoms with Gasteiger partial charge in [0.05, 0.1) is 0 Å². The molecule has 1 fully saturated rings. The van der Waals surface area contributed by atoms with Crippen molar-refractivity contribution in [2.45, 2.75) is 19.8 Å². The van der Waals surface area contributed by atoms with Crippen molar-refractivity contribution in [1.82, 2.24) is 9.97 Å². The lowest BCUT2D eigenvalue weighted by Gasteiger charge is -2.18. The number of anilines is 1. The minimum Gasteiger partial charge on any atom is -0.356 e. The molecule has 1 N–H and O–H groups in total. The van der Waals surface area contributed by atoms with Gasteiger partial charge in [-0.1, -0.05) is 24.3 Å². The molecule has 1 aliphatic heterocycles. The van der Waals surface area contributed by atoms with Gasteiger partial charge in [-0.25, -0.2) is 4.98 Å². The SMILES string of the molecule is Cc1cc2c(nc(N3CCCC3)c3ccccc32)[nH]1. The van der Waals surface area contributed by atoms with Gasteiger partial charge in [0, 0.05) is 29.6 Å². The molecule has 3 nitrogen and oxygen atoms in total. The van der Waals surface area contributed by atoms with E-state index in [-0.39, 0.29) is 0 Å². The quantitative estimate of drug-likeness (QED) is 0.716. The summed E-state index contributed by atoms with van der Waals surface area (Å²) in [6.07, 6.45) is 2.55. The van der Waals surface area contributed by atoms with Gasteiger partial charge in [0.25, 0.3) is 0 Å². The molecule has 96 valence electrons. The summed E-state index contributed by atoms with van der Waals surface area (Å²) in [6, 6.07) is 10.8. The molecule has 0 unspecified atom stereocenters. The second-order valence-corrected chi connectivity index (χ2v) is 5.39. The maximum absolute atomic E-state index is 4.88. The zero-order valence-electron chi connectivity index (χ0n) is 11.1. The molecule has 0 atom stereocenters. The number of aromatic amines is 1. The predicted octanol–water partition coefficient (Wildman–Crippen LogP) is 3.62. The van der Waals surface area contributed by atoms with Crippen molar-refractivity contribution >= 4 is 27.6 Å². The molecule has 0 spiro atoms. The summed E-state index contributed by atoms with van der Waals surface area (Å²) in [7, 11) is 0. The van der Waals surface area contributed by atoms with E-state index in [4.69, 9.17) is 4.98 Å². The average molecular weight is 251 g/mol. The molecule has 1 aliphatic rings. The smallest absolute Gasteiger partial charge is 0.140 e. The fraction of sp³-hybridized carbons (Fsp3) is 0.312. The van der Waals surface area contributed by atoms with Gasteiger partial charge in [-0.05, 0) is 31.2 Å². The minimum atomic E-state index is 1.01. The average Bonchev–Trinajstić information content (AvgIpc) is 3.05. The first-order chi connectivity index (χ1) is 9.33. The van der Waals surface area contributed by atoms with Crippen molar-refractivity contribution in [2.75, 3.05) is 18.0 Å². The van der Waals surface area contributed by atoms with Crippen LogP contribution in [0, 0.1) is 6.92 Å². The van der Waals surface area contributed by atoms with Crippen molar-refractivity contribution in [3.63, 3.8) is 0 Å². The molecule has 0 aliphatic carbocycles. The Morgan fingerprint density at radius 2 is 1.79 bits per heavy atom. The van der Waals surface area contributed by atoms with Crippen LogP contribution in [0.1, 0.15) is 18.5 Å². The molecule has 19 heavy (non-hydrogen) atoms. The highest BCUT2D eigenvalue weighted by Gasteiger charge is 2.18. The van der Waals surface area contributed by atoms with Crippen molar-refractivity contribution < 1.29 is 0 Å². The Morgan fingerprint density at radius 1 is 1.05 bits per heavy atom. The van der Waals surface area contributed by atoms with E-state index in [9.17, 15) is 0 Å². The van der Waals surface area contributed by atoms with Crippen LogP contribution in [0.25, 0.3) is 21.8 Å². The van der Waals surface area contributed by atoms with Crippen LogP contribution in [0.3, 0.4) is 0 Å². The normalized spacial score (nSPS) is 15.7. The molecule has 1 aromatic carbocycles. The Labute approximate surface area is 112 Å². The van der Waals surface area contributed by atoms with Crippen LogP contribution in [-0.4, -0.2) is 23.1 Å². The maximum Gasteiger partial charge on any atom is 0.140 e. The second-order valence-electron chi connectivity index (χ2n) is 5.39. The van der Waals surface area contributed by atoms with Crippen molar-refractivity contribution in [3.05, 3.63) is 36.0 Å². The van der Waals surface area contributed by atoms with Crippen LogP contribution in [-0.2, 0) is 0 Å². The van der Waals surface area contributed by atoms with Gasteiger partial charge in [0.2, 0.25) is 0 Å². The topological polar surface area (TPSA) is 31.9 Å². The van der Waals surface area contributed by atoms with E-state index >= 15 is 0 Å². The van der Waals surface area contributed by atoms with Crippen molar-refractivity contribution in [3.8, 4) is 0 Å². The van der Waals surface area contributed by atoms with Crippen molar-refractivity contribution in [2.24, 2.45) is 0 Å². The predicted molar refractivity (Wildman–Crippen MR) is 79.8 cm³/mol. The molecule has 3 heteroatoms. The highest BCUT2D eigenvalue weighted by Crippen LogP contribution is 2.32. The maximum atomic E-state index is 4.88. The summed E-state index contributed by atoms with van der Waals surface area (Å²) >= 11 is 0. The fourth-order valence-corrected chi connectivity index (χ4v) is 3.12. The van der Waals surface area contributed by atoms with E-state index in [1.807, 2.05) is 0 Å². The summed E-state index contributed by atoms with van der Waals surface area (Å²) in [5, 5.41) is 3.81. The Bertz CT molecular complexity index is 751. The number of benzene rings is 1. The highest BCUT2D eigenvalue weighted by atomic mass is 15.2. The van der Waals surface area contributed by atoms with E-state index in [2.05, 4.69) is 47.1 Å².